The lowest BCUT2D eigenvalue weighted by molar-refractivity contribution is -0.122. The van der Waals surface area contributed by atoms with Gasteiger partial charge in [-0.1, -0.05) is 70.5 Å². The van der Waals surface area contributed by atoms with E-state index in [1.54, 1.807) is 4.90 Å². The zero-order chi connectivity index (χ0) is 23.3. The van der Waals surface area contributed by atoms with Gasteiger partial charge in [0, 0.05) is 28.6 Å². The minimum atomic E-state index is -0.0161. The molecule has 168 valence electrons. The lowest BCUT2D eigenvalue weighted by Gasteiger charge is -2.15. The number of aliphatic imine (C=N–C) groups is 1. The molecule has 0 spiro atoms. The van der Waals surface area contributed by atoms with Crippen LogP contribution in [-0.4, -0.2) is 27.1 Å². The molecule has 1 amide bonds. The van der Waals surface area contributed by atoms with Gasteiger partial charge in [0.15, 0.2) is 5.17 Å². The molecule has 5 rings (SSSR count). The summed E-state index contributed by atoms with van der Waals surface area (Å²) >= 11 is 4.97. The second kappa shape index (κ2) is 10.3. The van der Waals surface area contributed by atoms with Crippen LogP contribution < -0.4 is 0 Å². The maximum atomic E-state index is 13.5. The van der Waals surface area contributed by atoms with Crippen molar-refractivity contribution in [3.05, 3.63) is 124 Å². The number of para-hydroxylation sites is 1. The predicted octanol–water partition coefficient (Wildman–Crippen LogP) is 7.09. The molecule has 0 bridgehead atoms. The topological polar surface area (TPSA) is 37.6 Å². The molecule has 1 aromatic heterocycles. The first-order valence-electron chi connectivity index (χ1n) is 11.0. The van der Waals surface area contributed by atoms with Gasteiger partial charge < -0.3 is 4.57 Å². The first kappa shape index (κ1) is 22.4. The lowest BCUT2D eigenvalue weighted by Crippen LogP contribution is -2.31. The van der Waals surface area contributed by atoms with Gasteiger partial charge in [-0.3, -0.25) is 9.69 Å². The zero-order valence-corrected chi connectivity index (χ0v) is 20.7. The van der Waals surface area contributed by atoms with Gasteiger partial charge in [0.25, 0.3) is 5.91 Å². The molecule has 1 fully saturated rings. The Bertz CT molecular complexity index is 1360. The van der Waals surface area contributed by atoms with Crippen molar-refractivity contribution in [1.29, 1.82) is 0 Å². The summed E-state index contributed by atoms with van der Waals surface area (Å²) < 4.78 is 3.08. The minimum Gasteiger partial charge on any atom is -0.317 e. The summed E-state index contributed by atoms with van der Waals surface area (Å²) in [5, 5.41) is 0.707. The molecule has 0 atom stereocenters. The Balaban J connectivity index is 1.47. The first-order valence-corrected chi connectivity index (χ1v) is 12.6. The fraction of sp³-hybridized carbons (Fsp3) is 0.0714. The van der Waals surface area contributed by atoms with E-state index in [9.17, 15) is 4.79 Å². The summed E-state index contributed by atoms with van der Waals surface area (Å²) in [6.07, 6.45) is 4.73. The Morgan fingerprint density at radius 2 is 1.65 bits per heavy atom. The fourth-order valence-corrected chi connectivity index (χ4v) is 5.19. The number of rotatable bonds is 6. The molecule has 1 saturated heterocycles. The number of thioether (sulfide) groups is 1. The standard InChI is InChI=1S/C28H22BrN3OS/c29-22-11-7-14-24(19-22)31-17-8-15-25(31)20-26-27(33)32(18-16-21-9-3-1-4-10-21)28(34-26)30-23-12-5-2-6-13-23/h1-15,17,19-20H,16,18H2/b26-20-,30-28?. The Morgan fingerprint density at radius 1 is 0.882 bits per heavy atom. The van der Waals surface area contributed by atoms with Crippen LogP contribution in [0, 0.1) is 0 Å². The number of hydrogen-bond donors (Lipinski definition) is 0. The number of halogens is 1. The van der Waals surface area contributed by atoms with Crippen LogP contribution in [0.5, 0.6) is 0 Å². The second-order valence-corrected chi connectivity index (χ2v) is 9.74. The molecule has 34 heavy (non-hydrogen) atoms. The van der Waals surface area contributed by atoms with Gasteiger partial charge in [-0.2, -0.15) is 0 Å². The van der Waals surface area contributed by atoms with Crippen LogP contribution in [0.3, 0.4) is 0 Å². The molecule has 6 heteroatoms. The van der Waals surface area contributed by atoms with E-state index < -0.39 is 0 Å². The van der Waals surface area contributed by atoms with Crippen LogP contribution in [0.1, 0.15) is 11.3 Å². The highest BCUT2D eigenvalue weighted by Gasteiger charge is 2.33. The third-order valence-electron chi connectivity index (χ3n) is 5.48. The van der Waals surface area contributed by atoms with E-state index in [1.165, 1.54) is 17.3 Å². The summed E-state index contributed by atoms with van der Waals surface area (Å²) in [6.45, 7) is 0.575. The van der Waals surface area contributed by atoms with Crippen molar-refractivity contribution in [3.8, 4) is 5.69 Å². The van der Waals surface area contributed by atoms with Crippen molar-refractivity contribution < 1.29 is 4.79 Å². The van der Waals surface area contributed by atoms with Gasteiger partial charge in [0.05, 0.1) is 10.6 Å². The van der Waals surface area contributed by atoms with Crippen molar-refractivity contribution in [1.82, 2.24) is 9.47 Å². The fourth-order valence-electron chi connectivity index (χ4n) is 3.79. The number of carbonyl (C=O) groups is 1. The highest BCUT2D eigenvalue weighted by molar-refractivity contribution is 9.10. The SMILES string of the molecule is O=C1/C(=C/c2cccn2-c2cccc(Br)c2)SC(=Nc2ccccc2)N1CCc1ccccc1. The van der Waals surface area contributed by atoms with Crippen LogP contribution >= 0.6 is 27.7 Å². The summed E-state index contributed by atoms with van der Waals surface area (Å²) in [5.41, 5.74) is 4.00. The first-order chi connectivity index (χ1) is 16.7. The smallest absolute Gasteiger partial charge is 0.266 e. The third-order valence-corrected chi connectivity index (χ3v) is 6.98. The van der Waals surface area contributed by atoms with E-state index in [1.807, 2.05) is 91.1 Å². The minimum absolute atomic E-state index is 0.0161. The summed E-state index contributed by atoms with van der Waals surface area (Å²) in [5.74, 6) is -0.0161. The highest BCUT2D eigenvalue weighted by atomic mass is 79.9. The van der Waals surface area contributed by atoms with Gasteiger partial charge in [0.1, 0.15) is 0 Å². The molecule has 1 aliphatic rings. The number of benzene rings is 3. The number of amides is 1. The molecule has 0 radical (unpaired) electrons. The van der Waals surface area contributed by atoms with E-state index in [-0.39, 0.29) is 5.91 Å². The molecule has 2 heterocycles. The maximum Gasteiger partial charge on any atom is 0.266 e. The summed E-state index contributed by atoms with van der Waals surface area (Å²) in [6, 6.07) is 32.1. The normalized spacial score (nSPS) is 16.0. The zero-order valence-electron chi connectivity index (χ0n) is 18.3. The molecule has 0 saturated carbocycles. The molecule has 0 N–H and O–H groups in total. The van der Waals surface area contributed by atoms with Crippen molar-refractivity contribution >= 4 is 50.5 Å². The number of aromatic nitrogens is 1. The van der Waals surface area contributed by atoms with Gasteiger partial charge in [-0.15, -0.1) is 0 Å². The quantitative estimate of drug-likeness (QED) is 0.251. The van der Waals surface area contributed by atoms with Crippen LogP contribution in [0.4, 0.5) is 5.69 Å². The summed E-state index contributed by atoms with van der Waals surface area (Å²) in [4.78, 5) is 20.8. The number of carbonyl (C=O) groups excluding carboxylic acids is 1. The van der Waals surface area contributed by atoms with E-state index in [4.69, 9.17) is 4.99 Å². The van der Waals surface area contributed by atoms with Crippen LogP contribution in [-0.2, 0) is 11.2 Å². The Kier molecular flexibility index (Phi) is 6.79. The number of nitrogens with zero attached hydrogens (tertiary/aromatic N) is 3. The highest BCUT2D eigenvalue weighted by Crippen LogP contribution is 2.34. The predicted molar refractivity (Wildman–Crippen MR) is 144 cm³/mol. The van der Waals surface area contributed by atoms with Gasteiger partial charge in [0.2, 0.25) is 0 Å². The van der Waals surface area contributed by atoms with Crippen molar-refractivity contribution in [2.75, 3.05) is 6.54 Å². The van der Waals surface area contributed by atoms with E-state index in [0.717, 1.165) is 28.0 Å². The van der Waals surface area contributed by atoms with Gasteiger partial charge >= 0.3 is 0 Å². The molecule has 0 aliphatic carbocycles. The van der Waals surface area contributed by atoms with Crippen molar-refractivity contribution in [2.24, 2.45) is 4.99 Å². The largest absolute Gasteiger partial charge is 0.317 e. The lowest BCUT2D eigenvalue weighted by atomic mass is 10.1. The van der Waals surface area contributed by atoms with Gasteiger partial charge in [-0.05, 0) is 72.3 Å². The molecular formula is C28H22BrN3OS. The van der Waals surface area contributed by atoms with E-state index in [0.29, 0.717) is 16.6 Å². The molecule has 0 unspecified atom stereocenters. The monoisotopic (exact) mass is 527 g/mol. The Hall–Kier alpha value is -3.35. The third kappa shape index (κ3) is 5.08. The van der Waals surface area contributed by atoms with E-state index in [2.05, 4.69) is 38.7 Å². The Morgan fingerprint density at radius 3 is 2.41 bits per heavy atom. The van der Waals surface area contributed by atoms with Crippen LogP contribution in [0.25, 0.3) is 11.8 Å². The second-order valence-electron chi connectivity index (χ2n) is 7.82. The summed E-state index contributed by atoms with van der Waals surface area (Å²) in [7, 11) is 0. The molecular weight excluding hydrogens is 506 g/mol. The molecule has 3 aromatic carbocycles. The molecule has 1 aliphatic heterocycles. The van der Waals surface area contributed by atoms with E-state index >= 15 is 0 Å². The molecule has 4 nitrogen and oxygen atoms in total. The molecule has 4 aromatic rings. The average Bonchev–Trinajstić information content (AvgIpc) is 3.44. The average molecular weight is 528 g/mol. The van der Waals surface area contributed by atoms with Crippen LogP contribution in [0.15, 0.2) is 118 Å². The van der Waals surface area contributed by atoms with Crippen molar-refractivity contribution in [3.63, 3.8) is 0 Å². The van der Waals surface area contributed by atoms with Crippen LogP contribution in [0.2, 0.25) is 0 Å². The number of amidine groups is 1. The maximum absolute atomic E-state index is 13.5. The Labute approximate surface area is 211 Å². The van der Waals surface area contributed by atoms with Gasteiger partial charge in [-0.25, -0.2) is 4.99 Å². The number of hydrogen-bond acceptors (Lipinski definition) is 3. The van der Waals surface area contributed by atoms with Crippen molar-refractivity contribution in [2.45, 2.75) is 6.42 Å².